The molecule has 0 radical (unpaired) electrons. The van der Waals surface area contributed by atoms with Gasteiger partial charge in [-0.15, -0.1) is 0 Å². The summed E-state index contributed by atoms with van der Waals surface area (Å²) in [6.45, 7) is 0. The van der Waals surface area contributed by atoms with Gasteiger partial charge in [-0.2, -0.15) is 0 Å². The highest BCUT2D eigenvalue weighted by Gasteiger charge is 2.67. The van der Waals surface area contributed by atoms with Crippen molar-refractivity contribution in [3.63, 3.8) is 0 Å². The Morgan fingerprint density at radius 1 is 0.788 bits per heavy atom. The summed E-state index contributed by atoms with van der Waals surface area (Å²) in [6.07, 6.45) is 5.50. The van der Waals surface area contributed by atoms with Gasteiger partial charge in [-0.25, -0.2) is 0 Å². The molecule has 1 aliphatic heterocycles. The van der Waals surface area contributed by atoms with Crippen LogP contribution in [0.2, 0.25) is 0 Å². The molecule has 3 amide bonds. The zero-order valence-electron chi connectivity index (χ0n) is 17.8. The molecule has 3 aromatic carbocycles. The van der Waals surface area contributed by atoms with Crippen molar-refractivity contribution < 1.29 is 14.4 Å². The topological polar surface area (TPSA) is 66.5 Å². The molecule has 162 valence electrons. The number of allylic oxidation sites excluding steroid dienone is 2. The van der Waals surface area contributed by atoms with E-state index >= 15 is 0 Å². The summed E-state index contributed by atoms with van der Waals surface area (Å²) in [5, 5.41) is 5.01. The molecule has 5 heteroatoms. The van der Waals surface area contributed by atoms with Gasteiger partial charge in [0, 0.05) is 16.6 Å². The summed E-state index contributed by atoms with van der Waals surface area (Å²) in [7, 11) is 0. The third-order valence-electron chi connectivity index (χ3n) is 8.09. The second-order valence-corrected chi connectivity index (χ2v) is 9.69. The number of carbonyl (C=O) groups is 3. The Morgan fingerprint density at radius 2 is 1.42 bits per heavy atom. The van der Waals surface area contributed by atoms with Gasteiger partial charge < -0.3 is 5.32 Å². The molecule has 1 heterocycles. The summed E-state index contributed by atoms with van der Waals surface area (Å²) in [6, 6.07) is 20.5. The second kappa shape index (κ2) is 6.64. The standard InChI is InChI=1S/C28H22N2O3/c31-26(29-23-7-3-5-15-4-1-2-6-18(15)23)16-8-10-17(11-9-16)30-27(32)24-19-12-13-20(22-14-21(19)22)25(24)28(30)33/h1-13,19-22,24-25H,14H2,(H,29,31). The Labute approximate surface area is 191 Å². The summed E-state index contributed by atoms with van der Waals surface area (Å²) in [5.74, 6) is 0.750. The molecule has 3 fully saturated rings. The number of hydrogen-bond acceptors (Lipinski definition) is 3. The van der Waals surface area contributed by atoms with Crippen molar-refractivity contribution in [3.05, 3.63) is 84.4 Å². The minimum Gasteiger partial charge on any atom is -0.321 e. The van der Waals surface area contributed by atoms with E-state index in [0.29, 0.717) is 23.1 Å². The van der Waals surface area contributed by atoms with Crippen molar-refractivity contribution in [3.8, 4) is 0 Å². The number of anilines is 2. The number of fused-ring (bicyclic) bond motifs is 1. The van der Waals surface area contributed by atoms with E-state index in [2.05, 4.69) is 17.5 Å². The monoisotopic (exact) mass is 434 g/mol. The number of rotatable bonds is 3. The molecule has 5 aliphatic rings. The van der Waals surface area contributed by atoms with Gasteiger partial charge in [-0.3, -0.25) is 19.3 Å². The van der Waals surface area contributed by atoms with Crippen LogP contribution >= 0.6 is 0 Å². The number of amides is 3. The highest BCUT2D eigenvalue weighted by molar-refractivity contribution is 6.23. The Kier molecular flexibility index (Phi) is 3.78. The number of hydrogen-bond donors (Lipinski definition) is 1. The van der Waals surface area contributed by atoms with Gasteiger partial charge in [-0.1, -0.05) is 48.6 Å². The number of imide groups is 1. The zero-order valence-corrected chi connectivity index (χ0v) is 17.8. The summed E-state index contributed by atoms with van der Waals surface area (Å²) in [4.78, 5) is 40.8. The van der Waals surface area contributed by atoms with Crippen LogP contribution in [0, 0.1) is 35.5 Å². The molecule has 3 aromatic rings. The first-order valence-corrected chi connectivity index (χ1v) is 11.6. The molecule has 6 unspecified atom stereocenters. The van der Waals surface area contributed by atoms with Crippen LogP contribution in [0.5, 0.6) is 0 Å². The van der Waals surface area contributed by atoms with Crippen LogP contribution in [0.3, 0.4) is 0 Å². The van der Waals surface area contributed by atoms with Crippen LogP contribution in [0.15, 0.2) is 78.9 Å². The average molecular weight is 434 g/mol. The van der Waals surface area contributed by atoms with E-state index in [1.165, 1.54) is 4.90 Å². The van der Waals surface area contributed by atoms with Crippen LogP contribution in [-0.2, 0) is 9.59 Å². The predicted octanol–water partition coefficient (Wildman–Crippen LogP) is 4.65. The van der Waals surface area contributed by atoms with E-state index in [-0.39, 0.29) is 41.4 Å². The Balaban J connectivity index is 1.14. The quantitative estimate of drug-likeness (QED) is 0.482. The van der Waals surface area contributed by atoms with E-state index in [4.69, 9.17) is 0 Å². The number of nitrogens with zero attached hydrogens (tertiary/aromatic N) is 1. The van der Waals surface area contributed by atoms with Gasteiger partial charge in [0.25, 0.3) is 5.91 Å². The average Bonchev–Trinajstić information content (AvgIpc) is 3.63. The molecule has 4 aliphatic carbocycles. The highest BCUT2D eigenvalue weighted by atomic mass is 16.2. The molecular formula is C28H22N2O3. The molecule has 1 saturated heterocycles. The Hall–Kier alpha value is -3.73. The van der Waals surface area contributed by atoms with Crippen LogP contribution < -0.4 is 10.2 Å². The van der Waals surface area contributed by atoms with Crippen molar-refractivity contribution in [2.75, 3.05) is 10.2 Å². The fourth-order valence-electron chi connectivity index (χ4n) is 6.50. The molecule has 5 nitrogen and oxygen atoms in total. The molecular weight excluding hydrogens is 412 g/mol. The molecule has 2 saturated carbocycles. The maximum absolute atomic E-state index is 13.3. The minimum atomic E-state index is -0.229. The van der Waals surface area contributed by atoms with E-state index < -0.39 is 0 Å². The van der Waals surface area contributed by atoms with E-state index in [0.717, 1.165) is 22.9 Å². The predicted molar refractivity (Wildman–Crippen MR) is 126 cm³/mol. The van der Waals surface area contributed by atoms with Crippen LogP contribution in [0.25, 0.3) is 10.8 Å². The lowest BCUT2D eigenvalue weighted by Crippen LogP contribution is -2.40. The Bertz CT molecular complexity index is 1330. The van der Waals surface area contributed by atoms with Crippen molar-refractivity contribution in [1.29, 1.82) is 0 Å². The molecule has 0 spiro atoms. The third kappa shape index (κ3) is 2.62. The number of benzene rings is 3. The van der Waals surface area contributed by atoms with Crippen LogP contribution in [0.4, 0.5) is 11.4 Å². The van der Waals surface area contributed by atoms with Crippen LogP contribution in [-0.4, -0.2) is 17.7 Å². The SMILES string of the molecule is O=C(Nc1cccc2ccccc12)c1ccc(N2C(=O)C3C4C=CC(C5CC45)C3C2=O)cc1. The molecule has 8 rings (SSSR count). The summed E-state index contributed by atoms with van der Waals surface area (Å²) in [5.41, 5.74) is 1.78. The first-order valence-electron chi connectivity index (χ1n) is 11.6. The summed E-state index contributed by atoms with van der Waals surface area (Å²) >= 11 is 0. The first kappa shape index (κ1) is 18.8. The number of carbonyl (C=O) groups excluding carboxylic acids is 3. The van der Waals surface area contributed by atoms with E-state index in [1.807, 2.05) is 42.5 Å². The first-order chi connectivity index (χ1) is 16.1. The maximum Gasteiger partial charge on any atom is 0.255 e. The lowest BCUT2D eigenvalue weighted by atomic mass is 9.63. The van der Waals surface area contributed by atoms with Gasteiger partial charge in [0.05, 0.1) is 17.5 Å². The molecule has 0 aromatic heterocycles. The zero-order chi connectivity index (χ0) is 22.3. The van der Waals surface area contributed by atoms with E-state index in [1.54, 1.807) is 24.3 Å². The van der Waals surface area contributed by atoms with Crippen LogP contribution in [0.1, 0.15) is 16.8 Å². The molecule has 6 atom stereocenters. The number of nitrogens with one attached hydrogen (secondary N) is 1. The highest BCUT2D eigenvalue weighted by Crippen LogP contribution is 2.65. The molecule has 1 N–H and O–H groups in total. The maximum atomic E-state index is 13.3. The smallest absolute Gasteiger partial charge is 0.255 e. The fraction of sp³-hybridized carbons (Fsp3) is 0.250. The largest absolute Gasteiger partial charge is 0.321 e. The van der Waals surface area contributed by atoms with Crippen molar-refractivity contribution in [2.24, 2.45) is 35.5 Å². The molecule has 2 bridgehead atoms. The lowest BCUT2D eigenvalue weighted by molar-refractivity contribution is -0.124. The lowest BCUT2D eigenvalue weighted by Gasteiger charge is -2.37. The van der Waals surface area contributed by atoms with Gasteiger partial charge in [-0.05, 0) is 65.8 Å². The fourth-order valence-corrected chi connectivity index (χ4v) is 6.50. The van der Waals surface area contributed by atoms with E-state index in [9.17, 15) is 14.4 Å². The third-order valence-corrected chi connectivity index (χ3v) is 8.09. The van der Waals surface area contributed by atoms with Crippen molar-refractivity contribution in [1.82, 2.24) is 0 Å². The summed E-state index contributed by atoms with van der Waals surface area (Å²) < 4.78 is 0. The second-order valence-electron chi connectivity index (χ2n) is 9.69. The van der Waals surface area contributed by atoms with Gasteiger partial charge in [0.1, 0.15) is 0 Å². The normalized spacial score (nSPS) is 31.0. The van der Waals surface area contributed by atoms with Crippen molar-refractivity contribution in [2.45, 2.75) is 6.42 Å². The van der Waals surface area contributed by atoms with Gasteiger partial charge >= 0.3 is 0 Å². The van der Waals surface area contributed by atoms with Gasteiger partial charge in [0.15, 0.2) is 0 Å². The van der Waals surface area contributed by atoms with Gasteiger partial charge in [0.2, 0.25) is 11.8 Å². The molecule has 33 heavy (non-hydrogen) atoms. The Morgan fingerprint density at radius 3 is 2.12 bits per heavy atom. The minimum absolute atomic E-state index is 0.0809. The van der Waals surface area contributed by atoms with Crippen molar-refractivity contribution >= 4 is 39.9 Å².